The molecule has 8 nitrogen and oxygen atoms in total. The lowest BCUT2D eigenvalue weighted by atomic mass is 10.1. The number of alkyl halides is 3. The summed E-state index contributed by atoms with van der Waals surface area (Å²) in [4.78, 5) is 24.2. The van der Waals surface area contributed by atoms with Gasteiger partial charge in [-0.25, -0.2) is 19.3 Å². The summed E-state index contributed by atoms with van der Waals surface area (Å²) in [5.41, 5.74) is 1.59. The number of carbonyl (C=O) groups is 1. The maximum absolute atomic E-state index is 14.5. The number of halogens is 4. The first-order chi connectivity index (χ1) is 16.2. The Morgan fingerprint density at radius 1 is 1.24 bits per heavy atom. The van der Waals surface area contributed by atoms with Crippen molar-refractivity contribution in [1.82, 2.24) is 24.7 Å². The molecule has 13 heteroatoms. The second-order valence-electron chi connectivity index (χ2n) is 7.89. The van der Waals surface area contributed by atoms with Gasteiger partial charge in [0.05, 0.1) is 30.7 Å². The third-order valence-corrected chi connectivity index (χ3v) is 6.26. The fraction of sp³-hybridized carbons (Fsp3) is 0.286. The van der Waals surface area contributed by atoms with Crippen LogP contribution in [-0.4, -0.2) is 30.6 Å². The molecule has 1 aromatic carbocycles. The standard InChI is InChI=1S/C21H17F4N7OS/c1-10(28-17-8-26-15-9-32(12-3-4-12)31-18(15)30-17)13-6-11(2-5-14(13)22)29-19(33)16-7-27-20(34-16)21(23,24)25/h2,5-10,12H,3-4H2,1H3,(H,29,33)(H,28,30,31)/t10-/m0/s1. The maximum atomic E-state index is 14.5. The Balaban J connectivity index is 1.31. The van der Waals surface area contributed by atoms with Crippen molar-refractivity contribution >= 4 is 39.9 Å². The second kappa shape index (κ2) is 8.31. The number of amides is 1. The van der Waals surface area contributed by atoms with Gasteiger partial charge in [0.1, 0.15) is 22.0 Å². The van der Waals surface area contributed by atoms with Crippen LogP contribution in [0.2, 0.25) is 0 Å². The first-order valence-electron chi connectivity index (χ1n) is 10.3. The molecule has 3 aromatic heterocycles. The Kier molecular flexibility index (Phi) is 5.42. The molecule has 0 aliphatic heterocycles. The number of nitrogens with zero attached hydrogens (tertiary/aromatic N) is 5. The molecule has 1 fully saturated rings. The number of hydrogen-bond donors (Lipinski definition) is 2. The van der Waals surface area contributed by atoms with Crippen molar-refractivity contribution < 1.29 is 22.4 Å². The number of thiazole rings is 1. The van der Waals surface area contributed by atoms with Gasteiger partial charge in [0.2, 0.25) is 5.65 Å². The van der Waals surface area contributed by atoms with Gasteiger partial charge in [-0.1, -0.05) is 0 Å². The van der Waals surface area contributed by atoms with E-state index in [1.54, 1.807) is 6.92 Å². The van der Waals surface area contributed by atoms with Gasteiger partial charge < -0.3 is 10.6 Å². The van der Waals surface area contributed by atoms with Crippen LogP contribution in [0.15, 0.2) is 36.8 Å². The maximum Gasteiger partial charge on any atom is 0.443 e. The first kappa shape index (κ1) is 22.2. The SMILES string of the molecule is C[C@H](Nc1cnc2cn(C3CC3)nc2n1)c1cc(NC(=O)c2cnc(C(F)(F)F)s2)ccc1F. The van der Waals surface area contributed by atoms with E-state index in [0.29, 0.717) is 23.0 Å². The topological polar surface area (TPSA) is 97.6 Å². The van der Waals surface area contributed by atoms with Gasteiger partial charge in [0, 0.05) is 11.3 Å². The van der Waals surface area contributed by atoms with Crippen LogP contribution in [0.5, 0.6) is 0 Å². The lowest BCUT2D eigenvalue weighted by Crippen LogP contribution is -2.13. The number of aromatic nitrogens is 5. The third-order valence-electron chi connectivity index (χ3n) is 5.22. The van der Waals surface area contributed by atoms with Gasteiger partial charge in [-0.2, -0.15) is 18.3 Å². The van der Waals surface area contributed by atoms with Gasteiger partial charge in [0.15, 0.2) is 5.01 Å². The Morgan fingerprint density at radius 3 is 2.74 bits per heavy atom. The molecule has 4 aromatic rings. The van der Waals surface area contributed by atoms with Crippen molar-refractivity contribution in [3.05, 3.63) is 58.1 Å². The molecule has 2 N–H and O–H groups in total. The van der Waals surface area contributed by atoms with Crippen LogP contribution in [0.1, 0.15) is 52.1 Å². The molecule has 0 radical (unpaired) electrons. The molecule has 5 rings (SSSR count). The highest BCUT2D eigenvalue weighted by atomic mass is 32.1. The number of benzene rings is 1. The Bertz CT molecular complexity index is 1380. The van der Waals surface area contributed by atoms with Crippen molar-refractivity contribution in [2.75, 3.05) is 10.6 Å². The van der Waals surface area contributed by atoms with Crippen LogP contribution >= 0.6 is 11.3 Å². The van der Waals surface area contributed by atoms with E-state index in [1.165, 1.54) is 24.4 Å². The summed E-state index contributed by atoms with van der Waals surface area (Å²) in [6.07, 6.45) is 1.76. The molecule has 3 heterocycles. The first-order valence-corrected chi connectivity index (χ1v) is 11.1. The Morgan fingerprint density at radius 2 is 2.03 bits per heavy atom. The highest BCUT2D eigenvalue weighted by molar-refractivity contribution is 7.13. The smallest absolute Gasteiger partial charge is 0.362 e. The molecule has 1 saturated carbocycles. The van der Waals surface area contributed by atoms with E-state index in [0.717, 1.165) is 19.0 Å². The highest BCUT2D eigenvalue weighted by Crippen LogP contribution is 2.35. The highest BCUT2D eigenvalue weighted by Gasteiger charge is 2.35. The lowest BCUT2D eigenvalue weighted by molar-refractivity contribution is -0.137. The fourth-order valence-electron chi connectivity index (χ4n) is 3.37. The summed E-state index contributed by atoms with van der Waals surface area (Å²) in [5.74, 6) is -0.893. The number of anilines is 2. The van der Waals surface area contributed by atoms with E-state index in [2.05, 4.69) is 30.7 Å². The van der Waals surface area contributed by atoms with Crippen LogP contribution < -0.4 is 10.6 Å². The summed E-state index contributed by atoms with van der Waals surface area (Å²) in [6.45, 7) is 1.71. The predicted molar refractivity (Wildman–Crippen MR) is 117 cm³/mol. The number of fused-ring (bicyclic) bond motifs is 1. The second-order valence-corrected chi connectivity index (χ2v) is 8.92. The van der Waals surface area contributed by atoms with Crippen LogP contribution in [-0.2, 0) is 6.18 Å². The van der Waals surface area contributed by atoms with E-state index in [-0.39, 0.29) is 27.5 Å². The van der Waals surface area contributed by atoms with Crippen LogP contribution in [0.3, 0.4) is 0 Å². The van der Waals surface area contributed by atoms with Crippen molar-refractivity contribution in [2.24, 2.45) is 0 Å². The molecule has 0 unspecified atom stereocenters. The summed E-state index contributed by atoms with van der Waals surface area (Å²) in [7, 11) is 0. The molecule has 0 saturated heterocycles. The number of rotatable bonds is 6. The zero-order valence-electron chi connectivity index (χ0n) is 17.6. The van der Waals surface area contributed by atoms with E-state index in [9.17, 15) is 22.4 Å². The zero-order chi connectivity index (χ0) is 24.0. The minimum Gasteiger partial charge on any atom is -0.362 e. The monoisotopic (exact) mass is 491 g/mol. The van der Waals surface area contributed by atoms with Crippen molar-refractivity contribution in [3.8, 4) is 0 Å². The van der Waals surface area contributed by atoms with Gasteiger partial charge in [0.25, 0.3) is 5.91 Å². The minimum atomic E-state index is -4.63. The van der Waals surface area contributed by atoms with E-state index < -0.39 is 29.0 Å². The average Bonchev–Trinajstić information content (AvgIpc) is 3.33. The molecular weight excluding hydrogens is 474 g/mol. The summed E-state index contributed by atoms with van der Waals surface area (Å²) >= 11 is 0.233. The molecule has 1 aliphatic carbocycles. The summed E-state index contributed by atoms with van der Waals surface area (Å²) in [5, 5.41) is 8.87. The zero-order valence-corrected chi connectivity index (χ0v) is 18.4. The quantitative estimate of drug-likeness (QED) is 0.360. The van der Waals surface area contributed by atoms with Crippen LogP contribution in [0, 0.1) is 5.82 Å². The summed E-state index contributed by atoms with van der Waals surface area (Å²) < 4.78 is 54.6. The molecule has 34 heavy (non-hydrogen) atoms. The normalized spacial score (nSPS) is 14.9. The summed E-state index contributed by atoms with van der Waals surface area (Å²) in [6, 6.07) is 3.73. The van der Waals surface area contributed by atoms with E-state index in [1.807, 2.05) is 10.9 Å². The average molecular weight is 491 g/mol. The fourth-order valence-corrected chi connectivity index (χ4v) is 4.05. The van der Waals surface area contributed by atoms with Gasteiger partial charge >= 0.3 is 6.18 Å². The largest absolute Gasteiger partial charge is 0.443 e. The number of hydrogen-bond acceptors (Lipinski definition) is 7. The Labute approximate surface area is 194 Å². The Hall–Kier alpha value is -3.61. The number of carbonyl (C=O) groups excluding carboxylic acids is 1. The van der Waals surface area contributed by atoms with Crippen LogP contribution in [0.4, 0.5) is 29.1 Å². The molecule has 1 aliphatic rings. The number of nitrogens with one attached hydrogen (secondary N) is 2. The molecule has 0 bridgehead atoms. The van der Waals surface area contributed by atoms with E-state index in [4.69, 9.17) is 0 Å². The van der Waals surface area contributed by atoms with Crippen LogP contribution in [0.25, 0.3) is 11.2 Å². The van der Waals surface area contributed by atoms with E-state index >= 15 is 0 Å². The van der Waals surface area contributed by atoms with Crippen molar-refractivity contribution in [1.29, 1.82) is 0 Å². The third kappa shape index (κ3) is 4.55. The molecule has 1 atom stereocenters. The van der Waals surface area contributed by atoms with Gasteiger partial charge in [-0.05, 0) is 38.0 Å². The van der Waals surface area contributed by atoms with Crippen molar-refractivity contribution in [2.45, 2.75) is 38.0 Å². The lowest BCUT2D eigenvalue weighted by Gasteiger charge is -2.16. The predicted octanol–water partition coefficient (Wildman–Crippen LogP) is 5.20. The van der Waals surface area contributed by atoms with Gasteiger partial charge in [-0.15, -0.1) is 11.3 Å². The van der Waals surface area contributed by atoms with Crippen molar-refractivity contribution in [3.63, 3.8) is 0 Å². The molecule has 1 amide bonds. The molecule has 176 valence electrons. The molecule has 0 spiro atoms. The minimum absolute atomic E-state index is 0.210. The van der Waals surface area contributed by atoms with Gasteiger partial charge in [-0.3, -0.25) is 9.48 Å². The molecular formula is C21H17F4N7OS.